The predicted molar refractivity (Wildman–Crippen MR) is 115 cm³/mol. The number of anilines is 1. The van der Waals surface area contributed by atoms with Crippen molar-refractivity contribution in [1.82, 2.24) is 4.98 Å². The molecular weight excluding hydrogens is 480 g/mol. The number of benzene rings is 3. The Balaban J connectivity index is 0.00000324. The van der Waals surface area contributed by atoms with Gasteiger partial charge in [-0.05, 0) is 30.3 Å². The minimum atomic E-state index is -4.79. The van der Waals surface area contributed by atoms with Crippen LogP contribution in [-0.4, -0.2) is 18.0 Å². The molecule has 0 saturated heterocycles. The number of rotatable bonds is 4. The van der Waals surface area contributed by atoms with E-state index in [0.29, 0.717) is 16.6 Å². The largest absolute Gasteiger partial charge is 1.00 e. The number of nitrogen functional groups attached to an aromatic ring is 1. The van der Waals surface area contributed by atoms with Gasteiger partial charge in [-0.15, -0.1) is 10.2 Å². The number of fused-ring (bicyclic) bond motifs is 1. The summed E-state index contributed by atoms with van der Waals surface area (Å²) in [6.45, 7) is 0. The molecule has 0 fully saturated rings. The van der Waals surface area contributed by atoms with Gasteiger partial charge >= 0.3 is 35.7 Å². The van der Waals surface area contributed by atoms with Crippen LogP contribution in [0.15, 0.2) is 88.1 Å². The summed E-state index contributed by atoms with van der Waals surface area (Å²) in [4.78, 5) is 3.71. The van der Waals surface area contributed by atoms with Gasteiger partial charge in [-0.25, -0.2) is 8.42 Å². The molecular formula is C22H14F3N4NaO3S. The number of azo groups is 1. The first kappa shape index (κ1) is 25.8. The first-order valence-corrected chi connectivity index (χ1v) is 10.8. The van der Waals surface area contributed by atoms with Crippen molar-refractivity contribution >= 4 is 38.0 Å². The smallest absolute Gasteiger partial charge is 0.744 e. The quantitative estimate of drug-likeness (QED) is 0.202. The first-order valence-electron chi connectivity index (χ1n) is 9.36. The van der Waals surface area contributed by atoms with Crippen molar-refractivity contribution in [1.29, 1.82) is 0 Å². The number of alkyl halides is 3. The Hall–Kier alpha value is -2.83. The van der Waals surface area contributed by atoms with E-state index in [-0.39, 0.29) is 52.0 Å². The summed E-state index contributed by atoms with van der Waals surface area (Å²) in [6.07, 6.45) is -3.08. The molecule has 0 amide bonds. The normalized spacial score (nSPS) is 12.1. The number of nitrogens with two attached hydrogens (primary N) is 1. The molecule has 0 bridgehead atoms. The average Bonchev–Trinajstić information content (AvgIpc) is 2.78. The van der Waals surface area contributed by atoms with Gasteiger partial charge in [-0.1, -0.05) is 36.4 Å². The number of aromatic nitrogens is 1. The summed E-state index contributed by atoms with van der Waals surface area (Å²) < 4.78 is 73.2. The molecule has 12 heteroatoms. The third kappa shape index (κ3) is 5.45. The van der Waals surface area contributed by atoms with Crippen LogP contribution < -0.4 is 35.3 Å². The molecule has 0 aliphatic rings. The Bertz CT molecular complexity index is 1470. The van der Waals surface area contributed by atoms with Gasteiger partial charge in [0.25, 0.3) is 0 Å². The summed E-state index contributed by atoms with van der Waals surface area (Å²) in [6, 6.07) is 15.0. The molecule has 0 atom stereocenters. The van der Waals surface area contributed by atoms with Crippen LogP contribution in [0, 0.1) is 0 Å². The molecule has 0 aliphatic heterocycles. The second kappa shape index (κ2) is 9.80. The van der Waals surface area contributed by atoms with Crippen molar-refractivity contribution in [3.05, 3.63) is 78.5 Å². The number of nitrogens with zero attached hydrogens (tertiary/aromatic N) is 3. The average molecular weight is 494 g/mol. The van der Waals surface area contributed by atoms with Crippen LogP contribution in [0.2, 0.25) is 0 Å². The molecule has 4 rings (SSSR count). The van der Waals surface area contributed by atoms with Gasteiger partial charge in [-0.3, -0.25) is 4.98 Å². The monoisotopic (exact) mass is 494 g/mol. The van der Waals surface area contributed by atoms with Crippen LogP contribution in [0.4, 0.5) is 30.2 Å². The van der Waals surface area contributed by atoms with Crippen molar-refractivity contribution in [2.75, 3.05) is 5.73 Å². The summed E-state index contributed by atoms with van der Waals surface area (Å²) >= 11 is 0. The van der Waals surface area contributed by atoms with Gasteiger partial charge < -0.3 is 10.3 Å². The van der Waals surface area contributed by atoms with Crippen LogP contribution >= 0.6 is 0 Å². The first-order chi connectivity index (χ1) is 15.5. The third-order valence-electron chi connectivity index (χ3n) is 4.82. The topological polar surface area (TPSA) is 121 Å². The molecule has 4 aromatic rings. The van der Waals surface area contributed by atoms with E-state index in [0.717, 1.165) is 18.2 Å². The van der Waals surface area contributed by atoms with Crippen LogP contribution in [0.5, 0.6) is 0 Å². The number of hydrogen-bond acceptors (Lipinski definition) is 7. The van der Waals surface area contributed by atoms with Gasteiger partial charge in [-0.2, -0.15) is 13.2 Å². The summed E-state index contributed by atoms with van der Waals surface area (Å²) in [5, 5.41) is 8.49. The molecule has 0 unspecified atom stereocenters. The van der Waals surface area contributed by atoms with E-state index in [4.69, 9.17) is 5.73 Å². The summed E-state index contributed by atoms with van der Waals surface area (Å²) in [5.74, 6) is 0. The Morgan fingerprint density at radius 3 is 2.12 bits per heavy atom. The molecule has 0 spiro atoms. The zero-order valence-corrected chi connectivity index (χ0v) is 20.4. The molecule has 3 aromatic carbocycles. The zero-order valence-electron chi connectivity index (χ0n) is 17.6. The second-order valence-corrected chi connectivity index (χ2v) is 8.33. The van der Waals surface area contributed by atoms with E-state index in [1.54, 1.807) is 24.3 Å². The minimum Gasteiger partial charge on any atom is -0.744 e. The van der Waals surface area contributed by atoms with Crippen molar-refractivity contribution in [3.63, 3.8) is 0 Å². The molecule has 0 radical (unpaired) electrons. The fraction of sp³-hybridized carbons (Fsp3) is 0.0455. The standard InChI is InChI=1S/C22H15F3N4O3S.Na/c23-22(24,25)14-7-5-13(6-8-14)18-10-9-15(12-27-18)28-29-19-11-20(33(30,31)32)16-3-1-2-4-17(16)21(19)26;/h1-12H,26H2,(H,30,31,32);/q;+1/p-1. The Labute approximate surface area is 214 Å². The van der Waals surface area contributed by atoms with E-state index in [9.17, 15) is 26.1 Å². The Kier molecular flexibility index (Phi) is 7.44. The Morgan fingerprint density at radius 2 is 1.56 bits per heavy atom. The molecule has 1 heterocycles. The maximum Gasteiger partial charge on any atom is 1.00 e. The van der Waals surface area contributed by atoms with E-state index in [2.05, 4.69) is 15.2 Å². The molecule has 0 aliphatic carbocycles. The molecule has 168 valence electrons. The second-order valence-electron chi connectivity index (χ2n) is 6.98. The van der Waals surface area contributed by atoms with Gasteiger partial charge in [0, 0.05) is 16.3 Å². The maximum absolute atomic E-state index is 12.7. The van der Waals surface area contributed by atoms with E-state index in [1.807, 2.05) is 0 Å². The fourth-order valence-corrected chi connectivity index (χ4v) is 3.90. The SMILES string of the molecule is Nc1c(N=Nc2ccc(-c3ccc(C(F)(F)F)cc3)nc2)cc(S(=O)(=O)[O-])c2ccccc12.[Na+]. The molecule has 2 N–H and O–H groups in total. The fourth-order valence-electron chi connectivity index (χ4n) is 3.20. The number of pyridine rings is 1. The van der Waals surface area contributed by atoms with Crippen molar-refractivity contribution in [2.24, 2.45) is 10.2 Å². The van der Waals surface area contributed by atoms with E-state index in [1.165, 1.54) is 30.5 Å². The molecule has 34 heavy (non-hydrogen) atoms. The van der Waals surface area contributed by atoms with Crippen molar-refractivity contribution < 1.29 is 55.7 Å². The zero-order chi connectivity index (χ0) is 23.8. The van der Waals surface area contributed by atoms with E-state index < -0.39 is 26.8 Å². The third-order valence-corrected chi connectivity index (χ3v) is 5.70. The maximum atomic E-state index is 12.7. The van der Waals surface area contributed by atoms with E-state index >= 15 is 0 Å². The van der Waals surface area contributed by atoms with Crippen LogP contribution in [0.3, 0.4) is 0 Å². The number of halogens is 3. The molecule has 0 saturated carbocycles. The van der Waals surface area contributed by atoms with Crippen LogP contribution in [0.1, 0.15) is 5.56 Å². The molecule has 1 aromatic heterocycles. The van der Waals surface area contributed by atoms with Crippen molar-refractivity contribution in [2.45, 2.75) is 11.1 Å². The van der Waals surface area contributed by atoms with Crippen molar-refractivity contribution in [3.8, 4) is 11.3 Å². The Morgan fingerprint density at radius 1 is 0.912 bits per heavy atom. The van der Waals surface area contributed by atoms with Gasteiger partial charge in [0.15, 0.2) is 0 Å². The summed E-state index contributed by atoms with van der Waals surface area (Å²) in [7, 11) is -4.79. The van der Waals surface area contributed by atoms with Crippen LogP contribution in [0.25, 0.3) is 22.0 Å². The minimum absolute atomic E-state index is 0. The van der Waals surface area contributed by atoms with Gasteiger partial charge in [0.1, 0.15) is 21.5 Å². The number of hydrogen-bond donors (Lipinski definition) is 1. The molecule has 7 nitrogen and oxygen atoms in total. The predicted octanol–water partition coefficient (Wildman–Crippen LogP) is 2.83. The van der Waals surface area contributed by atoms with Gasteiger partial charge in [0.05, 0.1) is 28.0 Å². The van der Waals surface area contributed by atoms with Crippen LogP contribution in [-0.2, 0) is 16.3 Å². The van der Waals surface area contributed by atoms with Gasteiger partial charge in [0.2, 0.25) is 0 Å². The summed E-state index contributed by atoms with van der Waals surface area (Å²) in [5.41, 5.74) is 6.66.